The minimum atomic E-state index is -0.993. The van der Waals surface area contributed by atoms with Gasteiger partial charge in [0.15, 0.2) is 0 Å². The Morgan fingerprint density at radius 3 is 1.93 bits per heavy atom. The zero-order valence-corrected chi connectivity index (χ0v) is 25.2. The number of hydrogen-bond acceptors (Lipinski definition) is 7. The maximum Gasteiger partial charge on any atom is 0.306 e. The first-order valence-electron chi connectivity index (χ1n) is 14.8. The second kappa shape index (κ2) is 13.8. The average Bonchev–Trinajstić information content (AvgIpc) is 3.07. The number of pyridine rings is 1. The van der Waals surface area contributed by atoms with Crippen molar-refractivity contribution in [2.75, 3.05) is 11.9 Å². The standard InChI is InChI=1S/C37H34N4O4/c1-3-45-35(42)20-19-27-24-32(36(38)28-21-22-39-26(2)23-28)33(25-34(27)41(43)44)40-37(29-13-7-4-8-14-29,30-15-9-5-10-16-30)31-17-11-6-12-18-31/h4-18,21-25,38,40H,3,19-20H2,1-2H3. The van der Waals surface area contributed by atoms with Gasteiger partial charge in [-0.2, -0.15) is 0 Å². The van der Waals surface area contributed by atoms with Crippen molar-refractivity contribution in [3.63, 3.8) is 0 Å². The van der Waals surface area contributed by atoms with Gasteiger partial charge in [0, 0.05) is 41.1 Å². The summed E-state index contributed by atoms with van der Waals surface area (Å²) < 4.78 is 5.09. The lowest BCUT2D eigenvalue weighted by Gasteiger charge is -2.38. The largest absolute Gasteiger partial charge is 0.466 e. The molecule has 0 saturated heterocycles. The summed E-state index contributed by atoms with van der Waals surface area (Å²) in [6.07, 6.45) is 1.71. The first kappa shape index (κ1) is 30.8. The van der Waals surface area contributed by atoms with Gasteiger partial charge in [-0.15, -0.1) is 0 Å². The maximum absolute atomic E-state index is 12.5. The Kier molecular flexibility index (Phi) is 9.43. The summed E-state index contributed by atoms with van der Waals surface area (Å²) in [4.78, 5) is 28.6. The molecule has 5 aromatic rings. The third-order valence-electron chi connectivity index (χ3n) is 7.72. The Labute approximate surface area is 262 Å². The quantitative estimate of drug-likeness (QED) is 0.0502. The molecule has 0 spiro atoms. The number of nitro groups is 1. The normalized spacial score (nSPS) is 11.1. The Bertz CT molecular complexity index is 1710. The molecular formula is C37H34N4O4. The lowest BCUT2D eigenvalue weighted by Crippen LogP contribution is -2.38. The molecule has 0 bridgehead atoms. The average molecular weight is 599 g/mol. The van der Waals surface area contributed by atoms with Crippen molar-refractivity contribution in [2.45, 2.75) is 32.2 Å². The fourth-order valence-electron chi connectivity index (χ4n) is 5.62. The molecule has 2 N–H and O–H groups in total. The molecule has 1 aromatic heterocycles. The van der Waals surface area contributed by atoms with E-state index in [-0.39, 0.29) is 30.8 Å². The Morgan fingerprint density at radius 2 is 1.44 bits per heavy atom. The molecular weight excluding hydrogens is 564 g/mol. The number of esters is 1. The van der Waals surface area contributed by atoms with E-state index in [4.69, 9.17) is 4.74 Å². The van der Waals surface area contributed by atoms with Crippen LogP contribution in [0.5, 0.6) is 0 Å². The number of nitrogens with one attached hydrogen (secondary N) is 2. The van der Waals surface area contributed by atoms with Gasteiger partial charge in [0.1, 0.15) is 5.54 Å². The van der Waals surface area contributed by atoms with Crippen LogP contribution in [0.15, 0.2) is 121 Å². The highest BCUT2D eigenvalue weighted by Crippen LogP contribution is 2.42. The number of carbonyl (C=O) groups is 1. The molecule has 5 rings (SSSR count). The molecule has 0 fully saturated rings. The Hall–Kier alpha value is -5.63. The highest BCUT2D eigenvalue weighted by molar-refractivity contribution is 6.14. The summed E-state index contributed by atoms with van der Waals surface area (Å²) in [5, 5.41) is 25.6. The van der Waals surface area contributed by atoms with Gasteiger partial charge in [0.25, 0.3) is 5.69 Å². The van der Waals surface area contributed by atoms with Crippen molar-refractivity contribution in [2.24, 2.45) is 0 Å². The molecule has 0 atom stereocenters. The third kappa shape index (κ3) is 6.65. The predicted octanol–water partition coefficient (Wildman–Crippen LogP) is 7.61. The van der Waals surface area contributed by atoms with Crippen LogP contribution in [0, 0.1) is 22.4 Å². The fourth-order valence-corrected chi connectivity index (χ4v) is 5.62. The Balaban J connectivity index is 1.78. The van der Waals surface area contributed by atoms with E-state index in [0.29, 0.717) is 22.4 Å². The molecule has 0 saturated carbocycles. The van der Waals surface area contributed by atoms with E-state index in [9.17, 15) is 20.3 Å². The summed E-state index contributed by atoms with van der Waals surface area (Å²) in [7, 11) is 0. The van der Waals surface area contributed by atoms with Crippen molar-refractivity contribution in [3.8, 4) is 0 Å². The van der Waals surface area contributed by atoms with Crippen LogP contribution in [0.25, 0.3) is 0 Å². The topological polar surface area (TPSA) is 118 Å². The van der Waals surface area contributed by atoms with Gasteiger partial charge in [0.2, 0.25) is 0 Å². The first-order chi connectivity index (χ1) is 21.8. The summed E-state index contributed by atoms with van der Waals surface area (Å²) in [6.45, 7) is 3.79. The van der Waals surface area contributed by atoms with Crippen molar-refractivity contribution < 1.29 is 14.5 Å². The summed E-state index contributed by atoms with van der Waals surface area (Å²) >= 11 is 0. The predicted molar refractivity (Wildman–Crippen MR) is 176 cm³/mol. The van der Waals surface area contributed by atoms with Gasteiger partial charge in [-0.1, -0.05) is 91.0 Å². The smallest absolute Gasteiger partial charge is 0.306 e. The van der Waals surface area contributed by atoms with Crippen molar-refractivity contribution in [3.05, 3.63) is 171 Å². The van der Waals surface area contributed by atoms with Gasteiger partial charge >= 0.3 is 5.97 Å². The van der Waals surface area contributed by atoms with Crippen LogP contribution in [0.1, 0.15) is 52.4 Å². The zero-order valence-electron chi connectivity index (χ0n) is 25.2. The molecule has 4 aromatic carbocycles. The van der Waals surface area contributed by atoms with E-state index in [2.05, 4.69) is 10.3 Å². The van der Waals surface area contributed by atoms with Crippen LogP contribution in [0.4, 0.5) is 11.4 Å². The van der Waals surface area contributed by atoms with Crippen molar-refractivity contribution in [1.82, 2.24) is 4.98 Å². The number of carbonyl (C=O) groups excluding carboxylic acids is 1. The number of nitrogens with zero attached hydrogens (tertiary/aromatic N) is 2. The highest BCUT2D eigenvalue weighted by atomic mass is 16.6. The fraction of sp³-hybridized carbons (Fsp3) is 0.162. The molecule has 0 radical (unpaired) electrons. The van der Waals surface area contributed by atoms with Gasteiger partial charge < -0.3 is 10.1 Å². The third-order valence-corrected chi connectivity index (χ3v) is 7.72. The summed E-state index contributed by atoms with van der Waals surface area (Å²) in [5.74, 6) is -0.438. The number of aryl methyl sites for hydroxylation is 2. The first-order valence-corrected chi connectivity index (χ1v) is 14.8. The highest BCUT2D eigenvalue weighted by Gasteiger charge is 2.38. The molecule has 0 unspecified atom stereocenters. The molecule has 1 heterocycles. The zero-order chi connectivity index (χ0) is 31.8. The van der Waals surface area contributed by atoms with E-state index in [1.165, 1.54) is 6.07 Å². The van der Waals surface area contributed by atoms with Gasteiger partial charge in [-0.25, -0.2) is 0 Å². The van der Waals surface area contributed by atoms with Crippen LogP contribution in [0.2, 0.25) is 0 Å². The van der Waals surface area contributed by atoms with E-state index in [1.807, 2.05) is 104 Å². The molecule has 45 heavy (non-hydrogen) atoms. The van der Waals surface area contributed by atoms with E-state index >= 15 is 0 Å². The molecule has 0 aliphatic rings. The van der Waals surface area contributed by atoms with Gasteiger partial charge in [-0.05, 0) is 55.2 Å². The minimum absolute atomic E-state index is 0.0232. The summed E-state index contributed by atoms with van der Waals surface area (Å²) in [6, 6.07) is 36.4. The molecule has 226 valence electrons. The van der Waals surface area contributed by atoms with E-state index < -0.39 is 16.4 Å². The van der Waals surface area contributed by atoms with E-state index in [1.54, 1.807) is 25.3 Å². The second-order valence-electron chi connectivity index (χ2n) is 10.6. The Morgan fingerprint density at radius 1 is 0.889 bits per heavy atom. The maximum atomic E-state index is 12.5. The van der Waals surface area contributed by atoms with Gasteiger partial charge in [0.05, 0.1) is 22.9 Å². The number of hydrogen-bond donors (Lipinski definition) is 2. The van der Waals surface area contributed by atoms with Crippen molar-refractivity contribution >= 4 is 23.1 Å². The summed E-state index contributed by atoms with van der Waals surface area (Å²) in [5.41, 5.74) is 4.31. The lowest BCUT2D eigenvalue weighted by molar-refractivity contribution is -0.385. The monoisotopic (exact) mass is 598 g/mol. The molecule has 0 amide bonds. The number of benzene rings is 4. The van der Waals surface area contributed by atoms with Crippen LogP contribution < -0.4 is 5.32 Å². The van der Waals surface area contributed by atoms with E-state index in [0.717, 1.165) is 22.4 Å². The molecule has 8 nitrogen and oxygen atoms in total. The number of aromatic nitrogens is 1. The molecule has 8 heteroatoms. The molecule has 0 aliphatic heterocycles. The van der Waals surface area contributed by atoms with Crippen LogP contribution in [-0.2, 0) is 21.5 Å². The van der Waals surface area contributed by atoms with Crippen LogP contribution >= 0.6 is 0 Å². The number of rotatable bonds is 12. The SMILES string of the molecule is CCOC(=O)CCc1cc(C(=N)c2ccnc(C)c2)c(NC(c2ccccc2)(c2ccccc2)c2ccccc2)cc1[N+](=O)[O-]. The van der Waals surface area contributed by atoms with Crippen molar-refractivity contribution in [1.29, 1.82) is 5.41 Å². The van der Waals surface area contributed by atoms with Gasteiger partial charge in [-0.3, -0.25) is 25.3 Å². The number of anilines is 1. The lowest BCUT2D eigenvalue weighted by atomic mass is 9.76. The van der Waals surface area contributed by atoms with Crippen LogP contribution in [-0.4, -0.2) is 28.2 Å². The van der Waals surface area contributed by atoms with Crippen LogP contribution in [0.3, 0.4) is 0 Å². The second-order valence-corrected chi connectivity index (χ2v) is 10.6. The minimum Gasteiger partial charge on any atom is -0.466 e. The molecule has 0 aliphatic carbocycles. The number of nitro benzene ring substituents is 1. The number of ether oxygens (including phenoxy) is 1.